The molecule has 116 valence electrons. The SMILES string of the molecule is Oc1c(F)cccc1N1CCN(c2cccc(F)c2O)CC1. The molecule has 0 spiro atoms. The van der Waals surface area contributed by atoms with Crippen LogP contribution in [0, 0.1) is 11.6 Å². The van der Waals surface area contributed by atoms with Crippen LogP contribution in [0.3, 0.4) is 0 Å². The van der Waals surface area contributed by atoms with Gasteiger partial charge in [-0.15, -0.1) is 0 Å². The number of benzene rings is 2. The molecule has 0 unspecified atom stereocenters. The Hall–Kier alpha value is -2.50. The molecular formula is C16H16F2N2O2. The van der Waals surface area contributed by atoms with E-state index in [0.29, 0.717) is 37.6 Å². The van der Waals surface area contributed by atoms with E-state index in [1.807, 2.05) is 9.80 Å². The van der Waals surface area contributed by atoms with E-state index in [4.69, 9.17) is 0 Å². The van der Waals surface area contributed by atoms with Gasteiger partial charge in [0.1, 0.15) is 0 Å². The maximum Gasteiger partial charge on any atom is 0.175 e. The van der Waals surface area contributed by atoms with Crippen LogP contribution in [-0.4, -0.2) is 36.4 Å². The summed E-state index contributed by atoms with van der Waals surface area (Å²) in [6, 6.07) is 8.84. The summed E-state index contributed by atoms with van der Waals surface area (Å²) in [6.07, 6.45) is 0. The van der Waals surface area contributed by atoms with Gasteiger partial charge >= 0.3 is 0 Å². The summed E-state index contributed by atoms with van der Waals surface area (Å²) in [5, 5.41) is 19.6. The van der Waals surface area contributed by atoms with Crippen molar-refractivity contribution >= 4 is 11.4 Å². The standard InChI is InChI=1S/C16H16F2N2O2/c17-11-3-1-5-13(15(11)21)19-7-9-20(10-8-19)14-6-2-4-12(18)16(14)22/h1-6,21-22H,7-10H2. The van der Waals surface area contributed by atoms with Gasteiger partial charge in [0.05, 0.1) is 11.4 Å². The third-order valence-corrected chi connectivity index (χ3v) is 3.89. The molecule has 3 rings (SSSR count). The minimum Gasteiger partial charge on any atom is -0.503 e. The van der Waals surface area contributed by atoms with Gasteiger partial charge in [0.2, 0.25) is 0 Å². The quantitative estimate of drug-likeness (QED) is 0.895. The van der Waals surface area contributed by atoms with E-state index in [0.717, 1.165) is 0 Å². The first-order chi connectivity index (χ1) is 10.6. The van der Waals surface area contributed by atoms with E-state index in [1.165, 1.54) is 12.1 Å². The molecule has 0 aromatic heterocycles. The molecule has 0 saturated carbocycles. The van der Waals surface area contributed by atoms with E-state index in [9.17, 15) is 19.0 Å². The first kappa shape index (κ1) is 14.4. The van der Waals surface area contributed by atoms with Crippen LogP contribution in [0.4, 0.5) is 20.2 Å². The van der Waals surface area contributed by atoms with Gasteiger partial charge in [-0.05, 0) is 24.3 Å². The van der Waals surface area contributed by atoms with E-state index < -0.39 is 11.6 Å². The molecule has 0 amide bonds. The Kier molecular flexibility index (Phi) is 3.75. The van der Waals surface area contributed by atoms with Crippen LogP contribution < -0.4 is 9.80 Å². The maximum absolute atomic E-state index is 13.4. The maximum atomic E-state index is 13.4. The number of nitrogens with zero attached hydrogens (tertiary/aromatic N) is 2. The molecule has 1 aliphatic heterocycles. The average molecular weight is 306 g/mol. The van der Waals surface area contributed by atoms with Crippen molar-refractivity contribution in [1.82, 2.24) is 0 Å². The van der Waals surface area contributed by atoms with Crippen LogP contribution in [-0.2, 0) is 0 Å². The van der Waals surface area contributed by atoms with Crippen LogP contribution >= 0.6 is 0 Å². The van der Waals surface area contributed by atoms with Crippen LogP contribution in [0.15, 0.2) is 36.4 Å². The lowest BCUT2D eigenvalue weighted by molar-refractivity contribution is 0.427. The summed E-state index contributed by atoms with van der Waals surface area (Å²) < 4.78 is 26.8. The Bertz CT molecular complexity index is 626. The molecule has 1 heterocycles. The van der Waals surface area contributed by atoms with Crippen LogP contribution in [0.5, 0.6) is 11.5 Å². The number of piperazine rings is 1. The van der Waals surface area contributed by atoms with Crippen molar-refractivity contribution in [3.05, 3.63) is 48.0 Å². The lowest BCUT2D eigenvalue weighted by Crippen LogP contribution is -2.46. The Morgan fingerprint density at radius 1 is 0.682 bits per heavy atom. The molecule has 22 heavy (non-hydrogen) atoms. The highest BCUT2D eigenvalue weighted by Gasteiger charge is 2.22. The number of phenols is 2. The van der Waals surface area contributed by atoms with Crippen molar-refractivity contribution in [2.75, 3.05) is 36.0 Å². The van der Waals surface area contributed by atoms with Crippen molar-refractivity contribution in [3.63, 3.8) is 0 Å². The largest absolute Gasteiger partial charge is 0.503 e. The predicted molar refractivity (Wildman–Crippen MR) is 80.6 cm³/mol. The summed E-state index contributed by atoms with van der Waals surface area (Å²) in [7, 11) is 0. The van der Waals surface area contributed by atoms with Gasteiger partial charge in [0.15, 0.2) is 23.1 Å². The molecule has 2 N–H and O–H groups in total. The van der Waals surface area contributed by atoms with Gasteiger partial charge < -0.3 is 20.0 Å². The number of aromatic hydroxyl groups is 2. The second kappa shape index (κ2) is 5.71. The van der Waals surface area contributed by atoms with Crippen molar-refractivity contribution in [3.8, 4) is 11.5 Å². The van der Waals surface area contributed by atoms with E-state index in [-0.39, 0.29) is 11.5 Å². The number of rotatable bonds is 2. The Morgan fingerprint density at radius 3 is 1.41 bits per heavy atom. The third kappa shape index (κ3) is 2.52. The van der Waals surface area contributed by atoms with Gasteiger partial charge in [-0.1, -0.05) is 12.1 Å². The molecule has 0 radical (unpaired) electrons. The molecule has 1 aliphatic rings. The van der Waals surface area contributed by atoms with Gasteiger partial charge in [0, 0.05) is 26.2 Å². The molecule has 2 aromatic rings. The number of para-hydroxylation sites is 2. The van der Waals surface area contributed by atoms with Gasteiger partial charge in [0.25, 0.3) is 0 Å². The first-order valence-corrected chi connectivity index (χ1v) is 7.03. The minimum absolute atomic E-state index is 0.357. The van der Waals surface area contributed by atoms with Crippen LogP contribution in [0.25, 0.3) is 0 Å². The van der Waals surface area contributed by atoms with Gasteiger partial charge in [-0.3, -0.25) is 0 Å². The Morgan fingerprint density at radius 2 is 1.05 bits per heavy atom. The van der Waals surface area contributed by atoms with E-state index >= 15 is 0 Å². The fraction of sp³-hybridized carbons (Fsp3) is 0.250. The van der Waals surface area contributed by atoms with Crippen molar-refractivity contribution < 1.29 is 19.0 Å². The summed E-state index contributed by atoms with van der Waals surface area (Å²) in [6.45, 7) is 2.14. The molecule has 1 saturated heterocycles. The molecule has 1 fully saturated rings. The zero-order valence-corrected chi connectivity index (χ0v) is 11.8. The van der Waals surface area contributed by atoms with Crippen molar-refractivity contribution in [1.29, 1.82) is 0 Å². The zero-order chi connectivity index (χ0) is 15.7. The van der Waals surface area contributed by atoms with Gasteiger partial charge in [-0.25, -0.2) is 8.78 Å². The molecule has 4 nitrogen and oxygen atoms in total. The molecule has 0 atom stereocenters. The number of hydrogen-bond acceptors (Lipinski definition) is 4. The molecular weight excluding hydrogens is 290 g/mol. The third-order valence-electron chi connectivity index (χ3n) is 3.89. The highest BCUT2D eigenvalue weighted by atomic mass is 19.1. The zero-order valence-electron chi connectivity index (χ0n) is 11.8. The first-order valence-electron chi connectivity index (χ1n) is 7.03. The normalized spacial score (nSPS) is 15.2. The predicted octanol–water partition coefficient (Wildman–Crippen LogP) is 2.70. The lowest BCUT2D eigenvalue weighted by Gasteiger charge is -2.37. The Labute approximate surface area is 126 Å². The number of phenolic OH excluding ortho intramolecular Hbond substituents is 2. The molecule has 2 aromatic carbocycles. The summed E-state index contributed by atoms with van der Waals surface area (Å²) >= 11 is 0. The highest BCUT2D eigenvalue weighted by Crippen LogP contribution is 2.33. The van der Waals surface area contributed by atoms with Crippen molar-refractivity contribution in [2.24, 2.45) is 0 Å². The second-order valence-corrected chi connectivity index (χ2v) is 5.19. The summed E-state index contributed by atoms with van der Waals surface area (Å²) in [4.78, 5) is 3.73. The van der Waals surface area contributed by atoms with Crippen molar-refractivity contribution in [2.45, 2.75) is 0 Å². The van der Waals surface area contributed by atoms with Gasteiger partial charge in [-0.2, -0.15) is 0 Å². The molecule has 0 bridgehead atoms. The number of halogens is 2. The topological polar surface area (TPSA) is 46.9 Å². The molecule has 6 heteroatoms. The number of anilines is 2. The minimum atomic E-state index is -0.650. The van der Waals surface area contributed by atoms with E-state index in [1.54, 1.807) is 24.3 Å². The smallest absolute Gasteiger partial charge is 0.175 e. The fourth-order valence-electron chi connectivity index (χ4n) is 2.71. The summed E-state index contributed by atoms with van der Waals surface area (Å²) in [5.74, 6) is -2.01. The fourth-order valence-corrected chi connectivity index (χ4v) is 2.71. The second-order valence-electron chi connectivity index (χ2n) is 5.19. The number of hydrogen-bond donors (Lipinski definition) is 2. The van der Waals surface area contributed by atoms with E-state index in [2.05, 4.69) is 0 Å². The lowest BCUT2D eigenvalue weighted by atomic mass is 10.2. The molecule has 0 aliphatic carbocycles. The van der Waals surface area contributed by atoms with Crippen LogP contribution in [0.1, 0.15) is 0 Å². The average Bonchev–Trinajstić information content (AvgIpc) is 2.53. The van der Waals surface area contributed by atoms with Crippen LogP contribution in [0.2, 0.25) is 0 Å². The Balaban J connectivity index is 1.75. The highest BCUT2D eigenvalue weighted by molar-refractivity contribution is 5.62. The monoisotopic (exact) mass is 306 g/mol. The summed E-state index contributed by atoms with van der Waals surface area (Å²) in [5.41, 5.74) is 0.895.